The largest absolute Gasteiger partial charge is 0.261 e. The Labute approximate surface area is 71.1 Å². The van der Waals surface area contributed by atoms with Crippen LogP contribution in [0.2, 0.25) is 0 Å². The predicted octanol–water partition coefficient (Wildman–Crippen LogP) is 2.60. The maximum atomic E-state index is 12.6. The van der Waals surface area contributed by atoms with E-state index in [9.17, 15) is 4.39 Å². The predicted molar refractivity (Wildman–Crippen MR) is 46.2 cm³/mol. The third kappa shape index (κ3) is 2.19. The van der Waals surface area contributed by atoms with Crippen molar-refractivity contribution in [1.82, 2.24) is 4.98 Å². The van der Waals surface area contributed by atoms with E-state index in [1.807, 2.05) is 6.92 Å². The molecule has 0 saturated carbocycles. The Balaban J connectivity index is 2.86. The third-order valence-electron chi connectivity index (χ3n) is 1.50. The summed E-state index contributed by atoms with van der Waals surface area (Å²) < 4.78 is 12.6. The standard InChI is InChI=1S/C8H10FNS/c1-2-8(11)6-3-7(9)5-10-4-6/h3-5,8,11H,2H2,1H3. The Morgan fingerprint density at radius 2 is 2.36 bits per heavy atom. The lowest BCUT2D eigenvalue weighted by molar-refractivity contribution is 0.617. The van der Waals surface area contributed by atoms with Gasteiger partial charge in [-0.3, -0.25) is 4.98 Å². The first-order valence-corrected chi connectivity index (χ1v) is 4.04. The molecule has 1 rings (SSSR count). The lowest BCUT2D eigenvalue weighted by Gasteiger charge is -2.05. The average Bonchev–Trinajstić information content (AvgIpc) is 2.03. The van der Waals surface area contributed by atoms with E-state index < -0.39 is 0 Å². The maximum absolute atomic E-state index is 12.6. The molecule has 0 bridgehead atoms. The van der Waals surface area contributed by atoms with Gasteiger partial charge in [0.05, 0.1) is 6.20 Å². The van der Waals surface area contributed by atoms with Gasteiger partial charge in [0.1, 0.15) is 5.82 Å². The molecule has 1 nitrogen and oxygen atoms in total. The van der Waals surface area contributed by atoms with Crippen molar-refractivity contribution >= 4 is 12.6 Å². The SMILES string of the molecule is CCC(S)c1cncc(F)c1. The Bertz CT molecular complexity index is 239. The first-order chi connectivity index (χ1) is 5.24. The van der Waals surface area contributed by atoms with Crippen LogP contribution in [-0.4, -0.2) is 4.98 Å². The minimum absolute atomic E-state index is 0.0956. The minimum Gasteiger partial charge on any atom is -0.261 e. The molecule has 0 saturated heterocycles. The van der Waals surface area contributed by atoms with Gasteiger partial charge < -0.3 is 0 Å². The summed E-state index contributed by atoms with van der Waals surface area (Å²) in [6.45, 7) is 2.00. The van der Waals surface area contributed by atoms with Crippen LogP contribution >= 0.6 is 12.6 Å². The molecule has 60 valence electrons. The van der Waals surface area contributed by atoms with Gasteiger partial charge in [-0.1, -0.05) is 6.92 Å². The highest BCUT2D eigenvalue weighted by atomic mass is 32.1. The molecule has 1 aromatic heterocycles. The molecule has 0 aromatic carbocycles. The van der Waals surface area contributed by atoms with Crippen molar-refractivity contribution < 1.29 is 4.39 Å². The van der Waals surface area contributed by atoms with Crippen molar-refractivity contribution in [2.24, 2.45) is 0 Å². The average molecular weight is 171 g/mol. The van der Waals surface area contributed by atoms with Gasteiger partial charge >= 0.3 is 0 Å². The summed E-state index contributed by atoms with van der Waals surface area (Å²) in [6, 6.07) is 1.47. The topological polar surface area (TPSA) is 12.9 Å². The quantitative estimate of drug-likeness (QED) is 0.675. The summed E-state index contributed by atoms with van der Waals surface area (Å²) in [5, 5.41) is 0.0956. The highest BCUT2D eigenvalue weighted by Gasteiger charge is 2.03. The molecule has 3 heteroatoms. The molecule has 0 aliphatic rings. The first-order valence-electron chi connectivity index (χ1n) is 3.52. The zero-order valence-electron chi connectivity index (χ0n) is 6.29. The van der Waals surface area contributed by atoms with Crippen molar-refractivity contribution in [3.8, 4) is 0 Å². The summed E-state index contributed by atoms with van der Waals surface area (Å²) in [5.74, 6) is -0.296. The molecule has 1 aromatic rings. The van der Waals surface area contributed by atoms with E-state index in [2.05, 4.69) is 17.6 Å². The Morgan fingerprint density at radius 1 is 1.64 bits per heavy atom. The Morgan fingerprint density at radius 3 is 2.91 bits per heavy atom. The summed E-state index contributed by atoms with van der Waals surface area (Å²) in [7, 11) is 0. The summed E-state index contributed by atoms with van der Waals surface area (Å²) >= 11 is 4.26. The smallest absolute Gasteiger partial charge is 0.141 e. The number of halogens is 1. The Hall–Kier alpha value is -0.570. The molecule has 0 fully saturated rings. The second-order valence-corrected chi connectivity index (χ2v) is 2.98. The van der Waals surface area contributed by atoms with Crippen LogP contribution < -0.4 is 0 Å². The van der Waals surface area contributed by atoms with E-state index in [1.54, 1.807) is 6.20 Å². The van der Waals surface area contributed by atoms with Gasteiger partial charge in [0.2, 0.25) is 0 Å². The van der Waals surface area contributed by atoms with E-state index in [0.29, 0.717) is 0 Å². The van der Waals surface area contributed by atoms with Crippen molar-refractivity contribution in [2.45, 2.75) is 18.6 Å². The molecular formula is C8H10FNS. The lowest BCUT2D eigenvalue weighted by Crippen LogP contribution is -1.90. The molecule has 1 unspecified atom stereocenters. The third-order valence-corrected chi connectivity index (χ3v) is 2.16. The number of thiol groups is 1. The van der Waals surface area contributed by atoms with E-state index in [0.717, 1.165) is 12.0 Å². The second kappa shape index (κ2) is 3.72. The van der Waals surface area contributed by atoms with Crippen LogP contribution in [0.4, 0.5) is 4.39 Å². The van der Waals surface area contributed by atoms with Gasteiger partial charge in [0, 0.05) is 11.4 Å². The summed E-state index contributed by atoms with van der Waals surface area (Å²) in [6.07, 6.45) is 3.72. The van der Waals surface area contributed by atoms with Gasteiger partial charge in [-0.25, -0.2) is 4.39 Å². The van der Waals surface area contributed by atoms with E-state index in [1.165, 1.54) is 12.3 Å². The summed E-state index contributed by atoms with van der Waals surface area (Å²) in [5.41, 5.74) is 0.843. The van der Waals surface area contributed by atoms with Crippen molar-refractivity contribution in [3.63, 3.8) is 0 Å². The number of aromatic nitrogens is 1. The van der Waals surface area contributed by atoms with Crippen LogP contribution in [0, 0.1) is 5.82 Å². The van der Waals surface area contributed by atoms with Gasteiger partial charge in [0.15, 0.2) is 0 Å². The molecule has 0 amide bonds. The van der Waals surface area contributed by atoms with Crippen molar-refractivity contribution in [3.05, 3.63) is 29.8 Å². The summed E-state index contributed by atoms with van der Waals surface area (Å²) in [4.78, 5) is 3.73. The number of nitrogens with zero attached hydrogens (tertiary/aromatic N) is 1. The van der Waals surface area contributed by atoms with Gasteiger partial charge in [-0.05, 0) is 18.1 Å². The second-order valence-electron chi connectivity index (χ2n) is 2.36. The lowest BCUT2D eigenvalue weighted by atomic mass is 10.2. The highest BCUT2D eigenvalue weighted by molar-refractivity contribution is 7.80. The number of hydrogen-bond acceptors (Lipinski definition) is 2. The van der Waals surface area contributed by atoms with Crippen molar-refractivity contribution in [2.75, 3.05) is 0 Å². The molecule has 1 heterocycles. The molecule has 1 atom stereocenters. The monoisotopic (exact) mass is 171 g/mol. The molecular weight excluding hydrogens is 161 g/mol. The zero-order chi connectivity index (χ0) is 8.27. The van der Waals surface area contributed by atoms with Gasteiger partial charge in [-0.15, -0.1) is 0 Å². The minimum atomic E-state index is -0.296. The van der Waals surface area contributed by atoms with Gasteiger partial charge in [0.25, 0.3) is 0 Å². The van der Waals surface area contributed by atoms with Crippen LogP contribution in [0.5, 0.6) is 0 Å². The molecule has 0 N–H and O–H groups in total. The van der Waals surface area contributed by atoms with Crippen LogP contribution in [0.3, 0.4) is 0 Å². The highest BCUT2D eigenvalue weighted by Crippen LogP contribution is 2.22. The van der Waals surface area contributed by atoms with Crippen LogP contribution in [0.15, 0.2) is 18.5 Å². The fourth-order valence-corrected chi connectivity index (χ4v) is 0.987. The normalized spacial score (nSPS) is 13.0. The fourth-order valence-electron chi connectivity index (χ4n) is 0.846. The fraction of sp³-hybridized carbons (Fsp3) is 0.375. The number of hydrogen-bond donors (Lipinski definition) is 1. The molecule has 0 aliphatic carbocycles. The maximum Gasteiger partial charge on any atom is 0.141 e. The molecule has 11 heavy (non-hydrogen) atoms. The van der Waals surface area contributed by atoms with Crippen LogP contribution in [-0.2, 0) is 0 Å². The van der Waals surface area contributed by atoms with E-state index in [-0.39, 0.29) is 11.1 Å². The molecule has 0 radical (unpaired) electrons. The van der Waals surface area contributed by atoms with E-state index in [4.69, 9.17) is 0 Å². The van der Waals surface area contributed by atoms with Crippen LogP contribution in [0.1, 0.15) is 24.2 Å². The van der Waals surface area contributed by atoms with Crippen molar-refractivity contribution in [1.29, 1.82) is 0 Å². The van der Waals surface area contributed by atoms with Gasteiger partial charge in [-0.2, -0.15) is 12.6 Å². The Kier molecular flexibility index (Phi) is 2.88. The number of rotatable bonds is 2. The molecule has 0 aliphatic heterocycles. The van der Waals surface area contributed by atoms with Crippen LogP contribution in [0.25, 0.3) is 0 Å². The number of pyridine rings is 1. The first kappa shape index (κ1) is 8.53. The zero-order valence-corrected chi connectivity index (χ0v) is 7.18. The van der Waals surface area contributed by atoms with E-state index >= 15 is 0 Å². The molecule has 0 spiro atoms.